The van der Waals surface area contributed by atoms with Gasteiger partial charge < -0.3 is 10.4 Å². The first-order valence-corrected chi connectivity index (χ1v) is 6.26. The van der Waals surface area contributed by atoms with E-state index in [1.54, 1.807) is 6.07 Å². The van der Waals surface area contributed by atoms with E-state index in [-0.39, 0.29) is 12.5 Å². The van der Waals surface area contributed by atoms with Gasteiger partial charge in [0, 0.05) is 24.7 Å². The molecule has 1 amide bonds. The number of aliphatic hydroxyl groups excluding tert-OH is 1. The second-order valence-corrected chi connectivity index (χ2v) is 4.13. The monoisotopic (exact) mass is 269 g/mol. The predicted molar refractivity (Wildman–Crippen MR) is 74.8 cm³/mol. The van der Waals surface area contributed by atoms with Crippen LogP contribution in [0.25, 0.3) is 0 Å². The summed E-state index contributed by atoms with van der Waals surface area (Å²) < 4.78 is 0. The summed E-state index contributed by atoms with van der Waals surface area (Å²) in [6.45, 7) is 0.521. The number of carbonyl (C=O) groups is 1. The van der Waals surface area contributed by atoms with Crippen LogP contribution in [-0.2, 0) is 6.54 Å². The van der Waals surface area contributed by atoms with Crippen molar-refractivity contribution >= 4 is 5.91 Å². The summed E-state index contributed by atoms with van der Waals surface area (Å²) in [4.78, 5) is 11.7. The first kappa shape index (κ1) is 13.8. The van der Waals surface area contributed by atoms with Crippen LogP contribution < -0.4 is 5.32 Å². The van der Waals surface area contributed by atoms with Gasteiger partial charge in [0.15, 0.2) is 0 Å². The van der Waals surface area contributed by atoms with Crippen LogP contribution in [0.5, 0.6) is 0 Å². The van der Waals surface area contributed by atoms with E-state index in [1.165, 1.54) is 6.20 Å². The summed E-state index contributed by atoms with van der Waals surface area (Å²) >= 11 is 0. The van der Waals surface area contributed by atoms with Gasteiger partial charge in [0.2, 0.25) is 0 Å². The Hall–Kier alpha value is -2.58. The van der Waals surface area contributed by atoms with Gasteiger partial charge in [-0.05, 0) is 23.8 Å². The Morgan fingerprint density at radius 2 is 2.10 bits per heavy atom. The average Bonchev–Trinajstić information content (AvgIpc) is 3.01. The van der Waals surface area contributed by atoms with Crippen LogP contribution in [-0.4, -0.2) is 27.8 Å². The van der Waals surface area contributed by atoms with Crippen LogP contribution >= 0.6 is 0 Å². The van der Waals surface area contributed by atoms with E-state index >= 15 is 0 Å². The number of H-pyrrole nitrogens is 1. The van der Waals surface area contributed by atoms with Crippen LogP contribution in [0.4, 0.5) is 0 Å². The van der Waals surface area contributed by atoms with E-state index in [9.17, 15) is 4.79 Å². The van der Waals surface area contributed by atoms with Crippen molar-refractivity contribution in [2.75, 3.05) is 6.61 Å². The fraction of sp³-hybridized carbons (Fsp3) is 0.200. The minimum Gasteiger partial charge on any atom is -0.395 e. The highest BCUT2D eigenvalue weighted by molar-refractivity contribution is 5.91. The molecule has 3 N–H and O–H groups in total. The highest BCUT2D eigenvalue weighted by atomic mass is 16.2. The zero-order chi connectivity index (χ0) is 14.2. The van der Waals surface area contributed by atoms with Gasteiger partial charge in [-0.3, -0.25) is 9.89 Å². The molecule has 0 aliphatic rings. The molecule has 0 radical (unpaired) electrons. The Morgan fingerprint density at radius 3 is 2.75 bits per heavy atom. The van der Waals surface area contributed by atoms with Gasteiger partial charge >= 0.3 is 0 Å². The predicted octanol–water partition coefficient (Wildman–Crippen LogP) is 1.07. The molecular weight excluding hydrogens is 254 g/mol. The van der Waals surface area contributed by atoms with Crippen molar-refractivity contribution in [2.45, 2.75) is 13.0 Å². The fourth-order valence-electron chi connectivity index (χ4n) is 1.59. The van der Waals surface area contributed by atoms with Crippen LogP contribution in [0.2, 0.25) is 0 Å². The molecule has 5 nitrogen and oxygen atoms in total. The lowest BCUT2D eigenvalue weighted by Gasteiger charge is -2.03. The Bertz CT molecular complexity index is 607. The number of hydrogen-bond acceptors (Lipinski definition) is 3. The van der Waals surface area contributed by atoms with Crippen LogP contribution in [0.15, 0.2) is 36.5 Å². The number of nitrogens with one attached hydrogen (secondary N) is 2. The minimum atomic E-state index is -0.186. The minimum absolute atomic E-state index is 0.0741. The maximum atomic E-state index is 11.7. The molecule has 1 aromatic heterocycles. The van der Waals surface area contributed by atoms with E-state index in [0.29, 0.717) is 18.7 Å². The molecule has 0 saturated carbocycles. The largest absolute Gasteiger partial charge is 0.395 e. The molecule has 20 heavy (non-hydrogen) atoms. The lowest BCUT2D eigenvalue weighted by molar-refractivity contribution is 0.0946. The topological polar surface area (TPSA) is 78.0 Å². The normalized spacial score (nSPS) is 9.65. The molecule has 0 spiro atoms. The van der Waals surface area contributed by atoms with Crippen molar-refractivity contribution in [1.29, 1.82) is 0 Å². The van der Waals surface area contributed by atoms with Crippen LogP contribution in [0.3, 0.4) is 0 Å². The van der Waals surface area contributed by atoms with Crippen molar-refractivity contribution in [3.05, 3.63) is 53.3 Å². The molecule has 1 heterocycles. The second kappa shape index (κ2) is 7.12. The Morgan fingerprint density at radius 1 is 1.30 bits per heavy atom. The SMILES string of the molecule is O=C(NCc1ccc(C#CCCO)cc1)c1ccn[nH]1. The van der Waals surface area contributed by atoms with Gasteiger partial charge in [-0.1, -0.05) is 24.0 Å². The average molecular weight is 269 g/mol. The van der Waals surface area contributed by atoms with E-state index in [0.717, 1.165) is 11.1 Å². The molecule has 0 fully saturated rings. The van der Waals surface area contributed by atoms with Crippen LogP contribution in [0.1, 0.15) is 28.0 Å². The summed E-state index contributed by atoms with van der Waals surface area (Å²) in [7, 11) is 0. The number of nitrogens with zero attached hydrogens (tertiary/aromatic N) is 1. The van der Waals surface area contributed by atoms with Gasteiger partial charge in [0.1, 0.15) is 5.69 Å². The lowest BCUT2D eigenvalue weighted by Crippen LogP contribution is -2.23. The smallest absolute Gasteiger partial charge is 0.269 e. The van der Waals surface area contributed by atoms with E-state index in [2.05, 4.69) is 27.4 Å². The molecule has 0 aliphatic heterocycles. The number of aromatic nitrogens is 2. The summed E-state index contributed by atoms with van der Waals surface area (Å²) in [6, 6.07) is 9.23. The number of amides is 1. The first-order valence-electron chi connectivity index (χ1n) is 6.26. The summed E-state index contributed by atoms with van der Waals surface area (Å²) in [5.41, 5.74) is 2.32. The molecule has 0 unspecified atom stereocenters. The third kappa shape index (κ3) is 3.97. The van der Waals surface area contributed by atoms with Gasteiger partial charge in [0.25, 0.3) is 5.91 Å². The second-order valence-electron chi connectivity index (χ2n) is 4.13. The first-order chi connectivity index (χ1) is 9.79. The fourth-order valence-corrected chi connectivity index (χ4v) is 1.59. The molecule has 0 saturated heterocycles. The number of hydrogen-bond donors (Lipinski definition) is 3. The number of aromatic amines is 1. The van der Waals surface area contributed by atoms with Gasteiger partial charge in [-0.2, -0.15) is 5.10 Å². The molecule has 0 aliphatic carbocycles. The van der Waals surface area contributed by atoms with Gasteiger partial charge in [-0.25, -0.2) is 0 Å². The van der Waals surface area contributed by atoms with Crippen molar-refractivity contribution in [1.82, 2.24) is 15.5 Å². The van der Waals surface area contributed by atoms with Crippen molar-refractivity contribution in [3.63, 3.8) is 0 Å². The number of carbonyl (C=O) groups excluding carboxylic acids is 1. The molecule has 0 atom stereocenters. The number of rotatable bonds is 4. The summed E-state index contributed by atoms with van der Waals surface area (Å²) in [5.74, 6) is 5.62. The van der Waals surface area contributed by atoms with Crippen molar-refractivity contribution in [3.8, 4) is 11.8 Å². The highest BCUT2D eigenvalue weighted by Crippen LogP contribution is 2.03. The van der Waals surface area contributed by atoms with Gasteiger partial charge in [0.05, 0.1) is 6.61 Å². The summed E-state index contributed by atoms with van der Waals surface area (Å²) in [6.07, 6.45) is 2.01. The van der Waals surface area contributed by atoms with E-state index < -0.39 is 0 Å². The van der Waals surface area contributed by atoms with Crippen molar-refractivity contribution < 1.29 is 9.90 Å². The molecule has 2 aromatic rings. The molecule has 102 valence electrons. The van der Waals surface area contributed by atoms with E-state index in [4.69, 9.17) is 5.11 Å². The van der Waals surface area contributed by atoms with Crippen LogP contribution in [0, 0.1) is 11.8 Å². The standard InChI is InChI=1S/C15H15N3O2/c19-10-2-1-3-12-4-6-13(7-5-12)11-16-15(20)14-8-9-17-18-14/h4-9,19H,2,10-11H2,(H,16,20)(H,17,18). The van der Waals surface area contributed by atoms with Gasteiger partial charge in [-0.15, -0.1) is 0 Å². The zero-order valence-electron chi connectivity index (χ0n) is 10.9. The number of aliphatic hydroxyl groups is 1. The highest BCUT2D eigenvalue weighted by Gasteiger charge is 2.05. The molecule has 5 heteroatoms. The molecule has 2 rings (SSSR count). The third-order valence-electron chi connectivity index (χ3n) is 2.62. The Balaban J connectivity index is 1.88. The summed E-state index contributed by atoms with van der Waals surface area (Å²) in [5, 5.41) is 17.8. The Labute approximate surface area is 117 Å². The quantitative estimate of drug-likeness (QED) is 0.727. The lowest BCUT2D eigenvalue weighted by atomic mass is 10.1. The number of benzene rings is 1. The Kier molecular flexibility index (Phi) is 4.93. The third-order valence-corrected chi connectivity index (χ3v) is 2.62. The maximum Gasteiger partial charge on any atom is 0.269 e. The molecule has 0 bridgehead atoms. The maximum absolute atomic E-state index is 11.7. The molecule has 1 aromatic carbocycles. The zero-order valence-corrected chi connectivity index (χ0v) is 10.9. The van der Waals surface area contributed by atoms with Crippen molar-refractivity contribution in [2.24, 2.45) is 0 Å². The van der Waals surface area contributed by atoms with E-state index in [1.807, 2.05) is 24.3 Å². The molecular formula is C15H15N3O2.